The number of rotatable bonds is 4. The molecule has 0 atom stereocenters. The topological polar surface area (TPSA) is 104 Å². The number of benzene rings is 2. The number of aromatic nitrogens is 3. The second-order valence-electron chi connectivity index (χ2n) is 7.00. The highest BCUT2D eigenvalue weighted by molar-refractivity contribution is 6.15. The lowest BCUT2D eigenvalue weighted by Crippen LogP contribution is -1.97. The number of H-pyrrole nitrogens is 2. The van der Waals surface area contributed by atoms with E-state index in [1.807, 2.05) is 31.2 Å². The smallest absolute Gasteiger partial charge is 0.224 e. The van der Waals surface area contributed by atoms with Gasteiger partial charge in [0.25, 0.3) is 0 Å². The number of fused-ring (bicyclic) bond motifs is 4. The van der Waals surface area contributed by atoms with E-state index in [4.69, 9.17) is 9.15 Å². The van der Waals surface area contributed by atoms with Gasteiger partial charge in [-0.2, -0.15) is 0 Å². The number of phenolic OH excluding ortho intramolecular Hbond substituents is 1. The van der Waals surface area contributed by atoms with Crippen LogP contribution in [0.3, 0.4) is 0 Å². The Morgan fingerprint density at radius 2 is 1.97 bits per heavy atom. The molecule has 7 nitrogen and oxygen atoms in total. The van der Waals surface area contributed by atoms with E-state index >= 15 is 0 Å². The van der Waals surface area contributed by atoms with E-state index in [1.54, 1.807) is 12.3 Å². The van der Waals surface area contributed by atoms with Gasteiger partial charge in [0, 0.05) is 17.1 Å². The van der Waals surface area contributed by atoms with Gasteiger partial charge in [-0.3, -0.25) is 9.89 Å². The molecule has 0 amide bonds. The Morgan fingerprint density at radius 1 is 1.17 bits per heavy atom. The highest BCUT2D eigenvalue weighted by Crippen LogP contribution is 2.40. The van der Waals surface area contributed by atoms with Gasteiger partial charge >= 0.3 is 0 Å². The van der Waals surface area contributed by atoms with Crippen molar-refractivity contribution >= 4 is 33.1 Å². The Kier molecular flexibility index (Phi) is 3.70. The van der Waals surface area contributed by atoms with Crippen LogP contribution >= 0.6 is 0 Å². The van der Waals surface area contributed by atoms with Crippen LogP contribution < -0.4 is 10.2 Å². The zero-order chi connectivity index (χ0) is 20.1. The number of phenols is 1. The van der Waals surface area contributed by atoms with E-state index in [0.717, 1.165) is 27.8 Å². The number of aromatic amines is 2. The standard InChI is InChI=1S/C22H17N3O4/c1-11(2)10-28-13-5-3-12(4-6-13)17-15-9-23-25-22(15)24-18-14-7-8-16(26)19(27)20(14)29-21(17)18/h3-9,27H,1,10H2,2H3,(H2,23,24,25). The first-order valence-corrected chi connectivity index (χ1v) is 9.04. The fourth-order valence-corrected chi connectivity index (χ4v) is 3.43. The molecule has 0 saturated carbocycles. The minimum absolute atomic E-state index is 0.138. The molecule has 144 valence electrons. The number of nitrogens with zero attached hydrogens (tertiary/aromatic N) is 1. The fraction of sp³-hybridized carbons (Fsp3) is 0.0909. The molecule has 3 heterocycles. The molecule has 0 aliphatic heterocycles. The summed E-state index contributed by atoms with van der Waals surface area (Å²) >= 11 is 0. The third-order valence-electron chi connectivity index (χ3n) is 4.78. The Morgan fingerprint density at radius 3 is 2.72 bits per heavy atom. The van der Waals surface area contributed by atoms with Gasteiger partial charge in [-0.1, -0.05) is 18.7 Å². The Bertz CT molecular complexity index is 1460. The predicted molar refractivity (Wildman–Crippen MR) is 111 cm³/mol. The van der Waals surface area contributed by atoms with Crippen molar-refractivity contribution < 1.29 is 14.3 Å². The summed E-state index contributed by atoms with van der Waals surface area (Å²) in [5.41, 5.74) is 3.98. The quantitative estimate of drug-likeness (QED) is 0.395. The number of aromatic hydroxyl groups is 1. The summed E-state index contributed by atoms with van der Waals surface area (Å²) in [6, 6.07) is 10.5. The fourth-order valence-electron chi connectivity index (χ4n) is 3.43. The maximum atomic E-state index is 11.8. The van der Waals surface area contributed by atoms with Crippen LogP contribution in [0.25, 0.3) is 44.2 Å². The van der Waals surface area contributed by atoms with Crippen LogP contribution in [0.1, 0.15) is 6.92 Å². The largest absolute Gasteiger partial charge is 0.502 e. The maximum Gasteiger partial charge on any atom is 0.224 e. The van der Waals surface area contributed by atoms with Crippen molar-refractivity contribution in [3.05, 3.63) is 65.0 Å². The number of ether oxygens (including phenoxy) is 1. The summed E-state index contributed by atoms with van der Waals surface area (Å²) in [6.07, 6.45) is 1.80. The number of furan rings is 1. The van der Waals surface area contributed by atoms with Gasteiger partial charge < -0.3 is 19.4 Å². The van der Waals surface area contributed by atoms with Crippen LogP contribution in [0.2, 0.25) is 0 Å². The second kappa shape index (κ2) is 6.27. The van der Waals surface area contributed by atoms with E-state index in [1.165, 1.54) is 6.07 Å². The third-order valence-corrected chi connectivity index (χ3v) is 4.78. The molecule has 0 aliphatic carbocycles. The first-order chi connectivity index (χ1) is 14.0. The number of hydrogen-bond acceptors (Lipinski definition) is 5. The number of hydrogen-bond donors (Lipinski definition) is 3. The van der Waals surface area contributed by atoms with Gasteiger partial charge in [-0.25, -0.2) is 4.98 Å². The molecule has 29 heavy (non-hydrogen) atoms. The SMILES string of the molecule is C=C(C)COc1ccc(-c2c3c[nH][nH]c3nc3c2oc2c(O)c(=O)ccc23)cc1. The maximum absolute atomic E-state index is 11.8. The van der Waals surface area contributed by atoms with Crippen molar-refractivity contribution in [3.8, 4) is 22.6 Å². The molecule has 0 bridgehead atoms. The zero-order valence-electron chi connectivity index (χ0n) is 15.6. The molecule has 0 unspecified atom stereocenters. The van der Waals surface area contributed by atoms with Crippen LogP contribution in [0.15, 0.2) is 64.0 Å². The second-order valence-corrected chi connectivity index (χ2v) is 7.00. The number of nitrogens with one attached hydrogen (secondary N) is 2. The summed E-state index contributed by atoms with van der Waals surface area (Å²) in [5, 5.41) is 17.6. The monoisotopic (exact) mass is 387 g/mol. The summed E-state index contributed by atoms with van der Waals surface area (Å²) in [5.74, 6) is 0.322. The van der Waals surface area contributed by atoms with E-state index < -0.39 is 11.2 Å². The highest BCUT2D eigenvalue weighted by atomic mass is 16.5. The molecule has 3 aromatic heterocycles. The third kappa shape index (κ3) is 2.67. The molecule has 0 aliphatic rings. The highest BCUT2D eigenvalue weighted by Gasteiger charge is 2.21. The van der Waals surface area contributed by atoms with Crippen LogP contribution in [0.4, 0.5) is 0 Å². The van der Waals surface area contributed by atoms with Crippen LogP contribution in [-0.4, -0.2) is 26.9 Å². The van der Waals surface area contributed by atoms with Crippen LogP contribution in [-0.2, 0) is 0 Å². The van der Waals surface area contributed by atoms with Crippen molar-refractivity contribution in [2.75, 3.05) is 6.61 Å². The van der Waals surface area contributed by atoms with Crippen LogP contribution in [0, 0.1) is 0 Å². The molecule has 0 saturated heterocycles. The molecular formula is C22H17N3O4. The Balaban J connectivity index is 1.77. The van der Waals surface area contributed by atoms with Crippen molar-refractivity contribution in [2.24, 2.45) is 0 Å². The minimum atomic E-state index is -0.490. The van der Waals surface area contributed by atoms with E-state index in [2.05, 4.69) is 21.8 Å². The van der Waals surface area contributed by atoms with Gasteiger partial charge in [0.2, 0.25) is 11.2 Å². The molecule has 0 radical (unpaired) electrons. The molecule has 3 N–H and O–H groups in total. The predicted octanol–water partition coefficient (Wildman–Crippen LogP) is 4.48. The summed E-state index contributed by atoms with van der Waals surface area (Å²) < 4.78 is 11.6. The van der Waals surface area contributed by atoms with Gasteiger partial charge in [0.1, 0.15) is 17.9 Å². The summed E-state index contributed by atoms with van der Waals surface area (Å²) in [6.45, 7) is 6.20. The Hall–Kier alpha value is -4.00. The lowest BCUT2D eigenvalue weighted by atomic mass is 10.0. The molecule has 0 fully saturated rings. The number of pyridine rings is 1. The molecule has 2 aromatic carbocycles. The van der Waals surface area contributed by atoms with E-state index in [9.17, 15) is 9.90 Å². The molecular weight excluding hydrogens is 370 g/mol. The van der Waals surface area contributed by atoms with Crippen molar-refractivity contribution in [1.82, 2.24) is 15.2 Å². The van der Waals surface area contributed by atoms with Gasteiger partial charge in [-0.05, 0) is 42.3 Å². The van der Waals surface area contributed by atoms with Gasteiger partial charge in [0.05, 0.1) is 5.39 Å². The zero-order valence-corrected chi connectivity index (χ0v) is 15.6. The molecule has 7 heteroatoms. The molecule has 5 aromatic rings. The van der Waals surface area contributed by atoms with Gasteiger partial charge in [0.15, 0.2) is 16.8 Å². The Labute approximate surface area is 164 Å². The molecule has 0 spiro atoms. The van der Waals surface area contributed by atoms with Crippen molar-refractivity contribution in [3.63, 3.8) is 0 Å². The lowest BCUT2D eigenvalue weighted by molar-refractivity contribution is 0.353. The normalized spacial score (nSPS) is 11.5. The van der Waals surface area contributed by atoms with Gasteiger partial charge in [-0.15, -0.1) is 0 Å². The first kappa shape index (κ1) is 17.1. The molecule has 5 rings (SSSR count). The summed E-state index contributed by atoms with van der Waals surface area (Å²) in [4.78, 5) is 16.5. The first-order valence-electron chi connectivity index (χ1n) is 9.04. The average molecular weight is 387 g/mol. The van der Waals surface area contributed by atoms with E-state index in [0.29, 0.717) is 28.7 Å². The van der Waals surface area contributed by atoms with Crippen LogP contribution in [0.5, 0.6) is 11.5 Å². The lowest BCUT2D eigenvalue weighted by Gasteiger charge is -2.08. The van der Waals surface area contributed by atoms with Crippen molar-refractivity contribution in [1.29, 1.82) is 0 Å². The van der Waals surface area contributed by atoms with E-state index in [-0.39, 0.29) is 5.58 Å². The average Bonchev–Trinajstić information content (AvgIpc) is 3.32. The summed E-state index contributed by atoms with van der Waals surface area (Å²) in [7, 11) is 0. The van der Waals surface area contributed by atoms with Crippen molar-refractivity contribution in [2.45, 2.75) is 6.92 Å². The minimum Gasteiger partial charge on any atom is -0.502 e.